The maximum atomic E-state index is 11.1. The molecule has 0 amide bonds. The fourth-order valence-electron chi connectivity index (χ4n) is 1.19. The summed E-state index contributed by atoms with van der Waals surface area (Å²) in [5, 5.41) is 8.39. The summed E-state index contributed by atoms with van der Waals surface area (Å²) in [4.78, 5) is 2.70. The Morgan fingerprint density at radius 1 is 1.47 bits per heavy atom. The number of primary sulfonamides is 1. The highest BCUT2D eigenvalue weighted by Gasteiger charge is 2.06. The van der Waals surface area contributed by atoms with Crippen molar-refractivity contribution in [1.29, 1.82) is 0 Å². The van der Waals surface area contributed by atoms with Crippen LogP contribution in [-0.2, 0) is 10.0 Å². The van der Waals surface area contributed by atoms with Gasteiger partial charge in [0.05, 0.1) is 4.90 Å². The standard InChI is InChI=1S/C10H12N4O2S/c11-14-13-7-2-1-4-9-5-3-6-10(8-9)17(12,15)16/h1,3-6,8H,2,7H2,(H2,12,15,16). The molecule has 1 aromatic rings. The lowest BCUT2D eigenvalue weighted by atomic mass is 10.2. The van der Waals surface area contributed by atoms with E-state index in [0.29, 0.717) is 13.0 Å². The van der Waals surface area contributed by atoms with Crippen LogP contribution in [0, 0.1) is 0 Å². The molecule has 7 heteroatoms. The normalized spacial score (nSPS) is 11.4. The zero-order chi connectivity index (χ0) is 12.7. The van der Waals surface area contributed by atoms with Gasteiger partial charge >= 0.3 is 0 Å². The predicted octanol–water partition coefficient (Wildman–Crippen LogP) is 2.05. The fourth-order valence-corrected chi connectivity index (χ4v) is 1.76. The summed E-state index contributed by atoms with van der Waals surface area (Å²) in [6.45, 7) is 0.377. The first-order valence-corrected chi connectivity index (χ1v) is 6.39. The number of sulfonamides is 1. The van der Waals surface area contributed by atoms with Crippen molar-refractivity contribution in [2.45, 2.75) is 11.3 Å². The van der Waals surface area contributed by atoms with Crippen LogP contribution >= 0.6 is 0 Å². The monoisotopic (exact) mass is 252 g/mol. The molecule has 0 atom stereocenters. The number of benzene rings is 1. The van der Waals surface area contributed by atoms with Crippen LogP contribution in [0.3, 0.4) is 0 Å². The lowest BCUT2D eigenvalue weighted by Gasteiger charge is -1.99. The molecule has 0 aromatic heterocycles. The minimum Gasteiger partial charge on any atom is -0.225 e. The first kappa shape index (κ1) is 13.2. The summed E-state index contributed by atoms with van der Waals surface area (Å²) in [6.07, 6.45) is 4.15. The average molecular weight is 252 g/mol. The van der Waals surface area contributed by atoms with Crippen molar-refractivity contribution >= 4 is 16.1 Å². The Hall–Kier alpha value is -1.82. The summed E-state index contributed by atoms with van der Waals surface area (Å²) < 4.78 is 22.2. The number of nitrogens with two attached hydrogens (primary N) is 1. The Labute approximate surface area is 99.4 Å². The van der Waals surface area contributed by atoms with Gasteiger partial charge < -0.3 is 0 Å². The maximum absolute atomic E-state index is 11.1. The minimum absolute atomic E-state index is 0.0784. The van der Waals surface area contributed by atoms with E-state index in [1.165, 1.54) is 12.1 Å². The number of azide groups is 1. The second-order valence-corrected chi connectivity index (χ2v) is 4.82. The lowest BCUT2D eigenvalue weighted by molar-refractivity contribution is 0.598. The van der Waals surface area contributed by atoms with E-state index in [4.69, 9.17) is 10.7 Å². The number of hydrogen-bond acceptors (Lipinski definition) is 3. The Bertz CT molecular complexity index is 559. The van der Waals surface area contributed by atoms with E-state index in [9.17, 15) is 8.42 Å². The molecule has 0 saturated heterocycles. The molecular formula is C10H12N4O2S. The van der Waals surface area contributed by atoms with Crippen molar-refractivity contribution < 1.29 is 8.42 Å². The number of rotatable bonds is 5. The van der Waals surface area contributed by atoms with Gasteiger partial charge in [-0.1, -0.05) is 29.4 Å². The molecule has 2 N–H and O–H groups in total. The van der Waals surface area contributed by atoms with Crippen molar-refractivity contribution in [2.75, 3.05) is 6.54 Å². The molecule has 0 fully saturated rings. The average Bonchev–Trinajstić information content (AvgIpc) is 2.28. The van der Waals surface area contributed by atoms with Gasteiger partial charge in [0.15, 0.2) is 0 Å². The summed E-state index contributed by atoms with van der Waals surface area (Å²) in [5.74, 6) is 0. The molecule has 1 rings (SSSR count). The Kier molecular flexibility index (Phi) is 4.71. The third-order valence-electron chi connectivity index (χ3n) is 1.96. The highest BCUT2D eigenvalue weighted by molar-refractivity contribution is 7.89. The molecule has 0 aliphatic carbocycles. The second-order valence-electron chi connectivity index (χ2n) is 3.26. The molecule has 0 unspecified atom stereocenters. The van der Waals surface area contributed by atoms with Crippen LogP contribution in [0.4, 0.5) is 0 Å². The van der Waals surface area contributed by atoms with E-state index >= 15 is 0 Å². The van der Waals surface area contributed by atoms with Crippen LogP contribution in [0.15, 0.2) is 40.4 Å². The minimum atomic E-state index is -3.67. The van der Waals surface area contributed by atoms with Gasteiger partial charge in [-0.25, -0.2) is 13.6 Å². The summed E-state index contributed by atoms with van der Waals surface area (Å²) in [6, 6.07) is 6.30. The van der Waals surface area contributed by atoms with Crippen LogP contribution in [0.5, 0.6) is 0 Å². The third kappa shape index (κ3) is 4.69. The topological polar surface area (TPSA) is 109 Å². The van der Waals surface area contributed by atoms with Crippen molar-refractivity contribution in [3.05, 3.63) is 46.3 Å². The largest absolute Gasteiger partial charge is 0.238 e. The van der Waals surface area contributed by atoms with Crippen LogP contribution < -0.4 is 5.14 Å². The van der Waals surface area contributed by atoms with E-state index < -0.39 is 10.0 Å². The Morgan fingerprint density at radius 3 is 2.88 bits per heavy atom. The van der Waals surface area contributed by atoms with Gasteiger partial charge in [0.2, 0.25) is 10.0 Å². The first-order valence-electron chi connectivity index (χ1n) is 4.84. The summed E-state index contributed by atoms with van der Waals surface area (Å²) >= 11 is 0. The zero-order valence-electron chi connectivity index (χ0n) is 9.02. The molecule has 1 aromatic carbocycles. The maximum Gasteiger partial charge on any atom is 0.238 e. The van der Waals surface area contributed by atoms with E-state index in [2.05, 4.69) is 10.0 Å². The van der Waals surface area contributed by atoms with Crippen molar-refractivity contribution in [3.63, 3.8) is 0 Å². The van der Waals surface area contributed by atoms with Crippen LogP contribution in [0.1, 0.15) is 12.0 Å². The molecule has 0 heterocycles. The molecule has 0 aliphatic rings. The SMILES string of the molecule is [N-]=[N+]=NCCC=Cc1cccc(S(N)(=O)=O)c1. The van der Waals surface area contributed by atoms with Gasteiger partial charge in [0.1, 0.15) is 0 Å². The van der Waals surface area contributed by atoms with E-state index in [0.717, 1.165) is 5.56 Å². The molecule has 17 heavy (non-hydrogen) atoms. The predicted molar refractivity (Wildman–Crippen MR) is 65.5 cm³/mol. The highest BCUT2D eigenvalue weighted by Crippen LogP contribution is 2.11. The summed E-state index contributed by atoms with van der Waals surface area (Å²) in [7, 11) is -3.67. The van der Waals surface area contributed by atoms with Crippen molar-refractivity contribution in [1.82, 2.24) is 0 Å². The third-order valence-corrected chi connectivity index (χ3v) is 2.87. The van der Waals surface area contributed by atoms with Gasteiger partial charge in [-0.2, -0.15) is 0 Å². The van der Waals surface area contributed by atoms with Gasteiger partial charge in [-0.3, -0.25) is 0 Å². The first-order chi connectivity index (χ1) is 8.04. The van der Waals surface area contributed by atoms with Gasteiger partial charge in [-0.15, -0.1) is 0 Å². The molecule has 0 bridgehead atoms. The smallest absolute Gasteiger partial charge is 0.225 e. The van der Waals surface area contributed by atoms with Crippen molar-refractivity contribution in [3.8, 4) is 0 Å². The molecule has 0 saturated carbocycles. The quantitative estimate of drug-likeness (QED) is 0.374. The highest BCUT2D eigenvalue weighted by atomic mass is 32.2. The van der Waals surface area contributed by atoms with Crippen LogP contribution in [-0.4, -0.2) is 15.0 Å². The molecule has 0 spiro atoms. The molecule has 0 aliphatic heterocycles. The molecule has 0 radical (unpaired) electrons. The fraction of sp³-hybridized carbons (Fsp3) is 0.200. The van der Waals surface area contributed by atoms with Crippen molar-refractivity contribution in [2.24, 2.45) is 10.3 Å². The van der Waals surface area contributed by atoms with Gasteiger partial charge in [0, 0.05) is 11.5 Å². The van der Waals surface area contributed by atoms with E-state index in [1.807, 2.05) is 0 Å². The Balaban J connectivity index is 2.76. The van der Waals surface area contributed by atoms with Crippen LogP contribution in [0.25, 0.3) is 16.5 Å². The van der Waals surface area contributed by atoms with Gasteiger partial charge in [0.25, 0.3) is 0 Å². The van der Waals surface area contributed by atoms with E-state index in [-0.39, 0.29) is 4.90 Å². The number of nitrogens with zero attached hydrogens (tertiary/aromatic N) is 3. The van der Waals surface area contributed by atoms with Gasteiger partial charge in [-0.05, 0) is 29.6 Å². The second kappa shape index (κ2) is 6.05. The van der Waals surface area contributed by atoms with Crippen LogP contribution in [0.2, 0.25) is 0 Å². The number of hydrogen-bond donors (Lipinski definition) is 1. The summed E-state index contributed by atoms with van der Waals surface area (Å²) in [5.41, 5.74) is 8.80. The lowest BCUT2D eigenvalue weighted by Crippen LogP contribution is -2.11. The zero-order valence-corrected chi connectivity index (χ0v) is 9.84. The molecular weight excluding hydrogens is 240 g/mol. The van der Waals surface area contributed by atoms with E-state index in [1.54, 1.807) is 24.3 Å². The Morgan fingerprint density at radius 2 is 2.24 bits per heavy atom. The molecule has 90 valence electrons. The molecule has 6 nitrogen and oxygen atoms in total.